The maximum Gasteiger partial charge on any atom is 0.224 e. The Balaban J connectivity index is 1.90. The summed E-state index contributed by atoms with van der Waals surface area (Å²) in [5.41, 5.74) is 3.25. The Hall–Kier alpha value is -2.03. The largest absolute Gasteiger partial charge is 0.466 e. The molecule has 19 heavy (non-hydrogen) atoms. The van der Waals surface area contributed by atoms with Crippen molar-refractivity contribution in [1.29, 1.82) is 0 Å². The van der Waals surface area contributed by atoms with Crippen LogP contribution < -0.4 is 5.32 Å². The van der Waals surface area contributed by atoms with E-state index in [1.807, 2.05) is 51.1 Å². The molecular weight excluding hydrogens is 238 g/mol. The predicted octanol–water partition coefficient (Wildman–Crippen LogP) is 3.06. The first-order valence-corrected chi connectivity index (χ1v) is 6.43. The number of hydrogen-bond acceptors (Lipinski definition) is 2. The third-order valence-corrected chi connectivity index (χ3v) is 3.07. The number of amides is 1. The zero-order valence-electron chi connectivity index (χ0n) is 11.6. The van der Waals surface area contributed by atoms with Crippen LogP contribution in [-0.4, -0.2) is 5.91 Å². The van der Waals surface area contributed by atoms with Crippen molar-refractivity contribution in [2.24, 2.45) is 0 Å². The number of aryl methyl sites for hydroxylation is 3. The van der Waals surface area contributed by atoms with E-state index in [1.54, 1.807) is 0 Å². The lowest BCUT2D eigenvalue weighted by atomic mass is 10.1. The van der Waals surface area contributed by atoms with E-state index in [1.165, 1.54) is 5.56 Å². The van der Waals surface area contributed by atoms with Gasteiger partial charge in [0, 0.05) is 12.1 Å². The van der Waals surface area contributed by atoms with Crippen LogP contribution in [0.3, 0.4) is 0 Å². The number of hydrogen-bond donors (Lipinski definition) is 1. The fourth-order valence-corrected chi connectivity index (χ4v) is 2.12. The molecule has 1 aromatic carbocycles. The second kappa shape index (κ2) is 5.74. The third kappa shape index (κ3) is 3.71. The van der Waals surface area contributed by atoms with E-state index < -0.39 is 0 Å². The quantitative estimate of drug-likeness (QED) is 0.914. The van der Waals surface area contributed by atoms with Crippen molar-refractivity contribution in [3.8, 4) is 0 Å². The summed E-state index contributed by atoms with van der Waals surface area (Å²) in [6.07, 6.45) is 0.414. The molecular formula is C16H19NO2. The highest BCUT2D eigenvalue weighted by molar-refractivity contribution is 5.78. The standard InChI is InChI=1S/C16H19NO2/c1-11-5-4-6-14(7-11)9-16(18)17-10-15-8-12(2)19-13(15)3/h4-8H,9-10H2,1-3H3,(H,17,18). The molecule has 3 nitrogen and oxygen atoms in total. The monoisotopic (exact) mass is 257 g/mol. The lowest BCUT2D eigenvalue weighted by Gasteiger charge is -2.05. The molecule has 0 aliphatic carbocycles. The first-order valence-electron chi connectivity index (χ1n) is 6.43. The van der Waals surface area contributed by atoms with Crippen LogP contribution in [0.5, 0.6) is 0 Å². The van der Waals surface area contributed by atoms with E-state index in [4.69, 9.17) is 4.42 Å². The molecule has 0 saturated heterocycles. The van der Waals surface area contributed by atoms with Crippen LogP contribution in [0.1, 0.15) is 28.2 Å². The third-order valence-electron chi connectivity index (χ3n) is 3.07. The van der Waals surface area contributed by atoms with Gasteiger partial charge in [-0.15, -0.1) is 0 Å². The van der Waals surface area contributed by atoms with Crippen molar-refractivity contribution in [3.63, 3.8) is 0 Å². The van der Waals surface area contributed by atoms with Crippen molar-refractivity contribution in [1.82, 2.24) is 5.32 Å². The molecule has 1 N–H and O–H groups in total. The molecule has 2 rings (SSSR count). The van der Waals surface area contributed by atoms with E-state index in [9.17, 15) is 4.79 Å². The molecule has 1 heterocycles. The maximum absolute atomic E-state index is 11.9. The van der Waals surface area contributed by atoms with Gasteiger partial charge in [-0.25, -0.2) is 0 Å². The van der Waals surface area contributed by atoms with Crippen molar-refractivity contribution in [3.05, 3.63) is 58.5 Å². The fraction of sp³-hybridized carbons (Fsp3) is 0.312. The molecule has 1 amide bonds. The fourth-order valence-electron chi connectivity index (χ4n) is 2.12. The van der Waals surface area contributed by atoms with Crippen LogP contribution in [-0.2, 0) is 17.8 Å². The Labute approximate surface area is 113 Å². The Morgan fingerprint density at radius 3 is 2.63 bits per heavy atom. The van der Waals surface area contributed by atoms with Crippen molar-refractivity contribution < 1.29 is 9.21 Å². The van der Waals surface area contributed by atoms with E-state index in [0.29, 0.717) is 13.0 Å². The molecule has 2 aromatic rings. The smallest absolute Gasteiger partial charge is 0.224 e. The number of carbonyl (C=O) groups is 1. The first kappa shape index (κ1) is 13.4. The Kier molecular flexibility index (Phi) is 4.05. The molecule has 0 spiro atoms. The van der Waals surface area contributed by atoms with Gasteiger partial charge >= 0.3 is 0 Å². The predicted molar refractivity (Wildman–Crippen MR) is 74.9 cm³/mol. The second-order valence-corrected chi connectivity index (χ2v) is 4.88. The summed E-state index contributed by atoms with van der Waals surface area (Å²) in [6, 6.07) is 9.97. The van der Waals surface area contributed by atoms with Crippen LogP contribution in [0.4, 0.5) is 0 Å². The average Bonchev–Trinajstić information content (AvgIpc) is 2.65. The van der Waals surface area contributed by atoms with Gasteiger partial charge in [-0.3, -0.25) is 4.79 Å². The molecule has 0 unspecified atom stereocenters. The zero-order valence-corrected chi connectivity index (χ0v) is 11.6. The molecule has 0 atom stereocenters. The number of benzene rings is 1. The summed E-state index contributed by atoms with van der Waals surface area (Å²) in [6.45, 7) is 6.37. The van der Waals surface area contributed by atoms with Gasteiger partial charge in [-0.1, -0.05) is 29.8 Å². The van der Waals surface area contributed by atoms with E-state index in [2.05, 4.69) is 5.32 Å². The van der Waals surface area contributed by atoms with Gasteiger partial charge in [-0.2, -0.15) is 0 Å². The van der Waals surface area contributed by atoms with Gasteiger partial charge in [0.25, 0.3) is 0 Å². The number of nitrogens with one attached hydrogen (secondary N) is 1. The molecule has 100 valence electrons. The number of rotatable bonds is 4. The Morgan fingerprint density at radius 1 is 1.21 bits per heavy atom. The molecule has 3 heteroatoms. The van der Waals surface area contributed by atoms with E-state index >= 15 is 0 Å². The summed E-state index contributed by atoms with van der Waals surface area (Å²) in [7, 11) is 0. The number of furan rings is 1. The van der Waals surface area contributed by atoms with Gasteiger partial charge in [0.05, 0.1) is 6.42 Å². The highest BCUT2D eigenvalue weighted by Crippen LogP contribution is 2.13. The lowest BCUT2D eigenvalue weighted by Crippen LogP contribution is -2.24. The minimum absolute atomic E-state index is 0.0313. The van der Waals surface area contributed by atoms with Gasteiger partial charge in [0.15, 0.2) is 0 Å². The normalized spacial score (nSPS) is 10.5. The SMILES string of the molecule is Cc1cccc(CC(=O)NCc2cc(C)oc2C)c1. The summed E-state index contributed by atoms with van der Waals surface area (Å²) in [5, 5.41) is 2.92. The van der Waals surface area contributed by atoms with Crippen LogP contribution in [0.2, 0.25) is 0 Å². The molecule has 1 aromatic heterocycles. The average molecular weight is 257 g/mol. The van der Waals surface area contributed by atoms with E-state index in [-0.39, 0.29) is 5.91 Å². The van der Waals surface area contributed by atoms with Crippen LogP contribution in [0.25, 0.3) is 0 Å². The zero-order chi connectivity index (χ0) is 13.8. The van der Waals surface area contributed by atoms with Crippen LogP contribution in [0, 0.1) is 20.8 Å². The highest BCUT2D eigenvalue weighted by Gasteiger charge is 2.07. The van der Waals surface area contributed by atoms with Gasteiger partial charge in [0.1, 0.15) is 11.5 Å². The van der Waals surface area contributed by atoms with Gasteiger partial charge < -0.3 is 9.73 Å². The molecule has 0 aliphatic rings. The highest BCUT2D eigenvalue weighted by atomic mass is 16.3. The second-order valence-electron chi connectivity index (χ2n) is 4.88. The number of carbonyl (C=O) groups excluding carboxylic acids is 1. The summed E-state index contributed by atoms with van der Waals surface area (Å²) in [5.74, 6) is 1.78. The molecule has 0 aliphatic heterocycles. The summed E-state index contributed by atoms with van der Waals surface area (Å²) < 4.78 is 5.43. The summed E-state index contributed by atoms with van der Waals surface area (Å²) in [4.78, 5) is 11.9. The molecule has 0 radical (unpaired) electrons. The Bertz CT molecular complexity index is 584. The molecule has 0 bridgehead atoms. The van der Waals surface area contributed by atoms with Crippen molar-refractivity contribution in [2.75, 3.05) is 0 Å². The first-order chi connectivity index (χ1) is 9.04. The van der Waals surface area contributed by atoms with Crippen LogP contribution >= 0.6 is 0 Å². The minimum Gasteiger partial charge on any atom is -0.466 e. The molecule has 0 saturated carbocycles. The minimum atomic E-state index is 0.0313. The lowest BCUT2D eigenvalue weighted by molar-refractivity contribution is -0.120. The van der Waals surface area contributed by atoms with Gasteiger partial charge in [-0.05, 0) is 32.4 Å². The topological polar surface area (TPSA) is 42.2 Å². The maximum atomic E-state index is 11.9. The molecule has 0 fully saturated rings. The van der Waals surface area contributed by atoms with Crippen molar-refractivity contribution in [2.45, 2.75) is 33.7 Å². The summed E-state index contributed by atoms with van der Waals surface area (Å²) >= 11 is 0. The van der Waals surface area contributed by atoms with Gasteiger partial charge in [0.2, 0.25) is 5.91 Å². The van der Waals surface area contributed by atoms with Crippen LogP contribution in [0.15, 0.2) is 34.7 Å². The Morgan fingerprint density at radius 2 is 2.00 bits per heavy atom. The van der Waals surface area contributed by atoms with Crippen molar-refractivity contribution >= 4 is 5.91 Å². The van der Waals surface area contributed by atoms with E-state index in [0.717, 1.165) is 22.6 Å².